The molecule has 2 heterocycles. The molecular weight excluding hydrogens is 238 g/mol. The number of nitrogens with zero attached hydrogens (tertiary/aromatic N) is 2. The second-order valence-electron chi connectivity index (χ2n) is 4.52. The quantitative estimate of drug-likeness (QED) is 0.829. The van der Waals surface area contributed by atoms with E-state index >= 15 is 0 Å². The Morgan fingerprint density at radius 3 is 2.84 bits per heavy atom. The maximum Gasteiger partial charge on any atom is 0.122 e. The van der Waals surface area contributed by atoms with Gasteiger partial charge in [0.05, 0.1) is 18.5 Å². The van der Waals surface area contributed by atoms with Crippen molar-refractivity contribution in [1.82, 2.24) is 15.2 Å². The van der Waals surface area contributed by atoms with Gasteiger partial charge in [-0.1, -0.05) is 13.0 Å². The third kappa shape index (κ3) is 3.91. The molecule has 0 aliphatic carbocycles. The van der Waals surface area contributed by atoms with E-state index < -0.39 is 0 Å². The summed E-state index contributed by atoms with van der Waals surface area (Å²) < 4.78 is 5.59. The van der Waals surface area contributed by atoms with E-state index in [-0.39, 0.29) is 0 Å². The monoisotopic (exact) mass is 259 g/mol. The second-order valence-corrected chi connectivity index (χ2v) is 4.52. The lowest BCUT2D eigenvalue weighted by Crippen LogP contribution is -2.23. The standard InChI is InChI=1S/C15H21N3O/c1-3-18(11-14-6-4-5-8-17-14)12-15-13(10-16-2)7-9-19-15/h4-9,16H,3,10-12H2,1-2H3. The number of pyridine rings is 1. The van der Waals surface area contributed by atoms with Crippen molar-refractivity contribution < 1.29 is 4.42 Å². The van der Waals surface area contributed by atoms with Gasteiger partial charge in [-0.25, -0.2) is 0 Å². The number of rotatable bonds is 7. The largest absolute Gasteiger partial charge is 0.468 e. The maximum atomic E-state index is 5.59. The van der Waals surface area contributed by atoms with Crippen LogP contribution in [0.2, 0.25) is 0 Å². The van der Waals surface area contributed by atoms with Crippen LogP contribution >= 0.6 is 0 Å². The van der Waals surface area contributed by atoms with Gasteiger partial charge in [-0.05, 0) is 31.8 Å². The van der Waals surface area contributed by atoms with E-state index in [2.05, 4.69) is 28.2 Å². The molecule has 0 bridgehead atoms. The first-order chi connectivity index (χ1) is 9.33. The van der Waals surface area contributed by atoms with Gasteiger partial charge in [0, 0.05) is 24.8 Å². The smallest absolute Gasteiger partial charge is 0.122 e. The summed E-state index contributed by atoms with van der Waals surface area (Å²) in [6, 6.07) is 8.05. The predicted octanol–water partition coefficient (Wildman–Crippen LogP) is 2.42. The van der Waals surface area contributed by atoms with Crippen molar-refractivity contribution in [2.24, 2.45) is 0 Å². The highest BCUT2D eigenvalue weighted by Crippen LogP contribution is 2.14. The van der Waals surface area contributed by atoms with Gasteiger partial charge >= 0.3 is 0 Å². The van der Waals surface area contributed by atoms with E-state index in [1.165, 1.54) is 5.56 Å². The first-order valence-corrected chi connectivity index (χ1v) is 6.65. The highest BCUT2D eigenvalue weighted by Gasteiger charge is 2.11. The number of hydrogen-bond acceptors (Lipinski definition) is 4. The number of aromatic nitrogens is 1. The molecule has 0 aliphatic heterocycles. The number of hydrogen-bond donors (Lipinski definition) is 1. The van der Waals surface area contributed by atoms with E-state index in [1.807, 2.05) is 31.4 Å². The molecule has 2 rings (SSSR count). The van der Waals surface area contributed by atoms with Crippen LogP contribution in [0.15, 0.2) is 41.1 Å². The fourth-order valence-electron chi connectivity index (χ4n) is 2.06. The molecule has 0 aliphatic rings. The molecule has 0 saturated heterocycles. The Balaban J connectivity index is 2.00. The molecule has 0 aromatic carbocycles. The van der Waals surface area contributed by atoms with Crippen molar-refractivity contribution >= 4 is 0 Å². The molecule has 19 heavy (non-hydrogen) atoms. The lowest BCUT2D eigenvalue weighted by molar-refractivity contribution is 0.243. The van der Waals surface area contributed by atoms with E-state index in [0.29, 0.717) is 0 Å². The van der Waals surface area contributed by atoms with Gasteiger partial charge in [0.2, 0.25) is 0 Å². The lowest BCUT2D eigenvalue weighted by Gasteiger charge is -2.19. The lowest BCUT2D eigenvalue weighted by atomic mass is 10.2. The molecule has 0 radical (unpaired) electrons. The molecule has 4 heteroatoms. The van der Waals surface area contributed by atoms with Gasteiger partial charge in [-0.15, -0.1) is 0 Å². The zero-order valence-corrected chi connectivity index (χ0v) is 11.6. The minimum Gasteiger partial charge on any atom is -0.468 e. The molecule has 0 spiro atoms. The molecule has 2 aromatic rings. The summed E-state index contributed by atoms with van der Waals surface area (Å²) in [6.07, 6.45) is 3.60. The summed E-state index contributed by atoms with van der Waals surface area (Å²) in [5, 5.41) is 3.16. The van der Waals surface area contributed by atoms with Crippen molar-refractivity contribution in [3.05, 3.63) is 53.7 Å². The van der Waals surface area contributed by atoms with Crippen LogP contribution in [0, 0.1) is 0 Å². The molecule has 0 saturated carbocycles. The van der Waals surface area contributed by atoms with E-state index in [9.17, 15) is 0 Å². The summed E-state index contributed by atoms with van der Waals surface area (Å²) >= 11 is 0. The molecule has 0 unspecified atom stereocenters. The molecule has 0 atom stereocenters. The predicted molar refractivity (Wildman–Crippen MR) is 75.5 cm³/mol. The van der Waals surface area contributed by atoms with Crippen LogP contribution in [0.1, 0.15) is 23.9 Å². The van der Waals surface area contributed by atoms with Crippen LogP contribution in [-0.2, 0) is 19.6 Å². The van der Waals surface area contributed by atoms with Crippen LogP contribution < -0.4 is 5.32 Å². The Hall–Kier alpha value is -1.65. The summed E-state index contributed by atoms with van der Waals surface area (Å²) in [5.74, 6) is 1.03. The first-order valence-electron chi connectivity index (χ1n) is 6.65. The topological polar surface area (TPSA) is 41.3 Å². The first kappa shape index (κ1) is 13.8. The molecular formula is C15H21N3O. The van der Waals surface area contributed by atoms with Crippen molar-refractivity contribution in [3.8, 4) is 0 Å². The van der Waals surface area contributed by atoms with Gasteiger partial charge in [-0.3, -0.25) is 9.88 Å². The molecule has 0 amide bonds. The van der Waals surface area contributed by atoms with E-state index in [0.717, 1.165) is 37.6 Å². The molecule has 102 valence electrons. The number of nitrogens with one attached hydrogen (secondary N) is 1. The van der Waals surface area contributed by atoms with Gasteiger partial charge in [-0.2, -0.15) is 0 Å². The minimum absolute atomic E-state index is 0.817. The van der Waals surface area contributed by atoms with Crippen molar-refractivity contribution in [2.75, 3.05) is 13.6 Å². The molecule has 1 N–H and O–H groups in total. The minimum atomic E-state index is 0.817. The van der Waals surface area contributed by atoms with Crippen molar-refractivity contribution in [3.63, 3.8) is 0 Å². The second kappa shape index (κ2) is 7.07. The van der Waals surface area contributed by atoms with Crippen LogP contribution in [0.3, 0.4) is 0 Å². The van der Waals surface area contributed by atoms with Gasteiger partial charge < -0.3 is 9.73 Å². The molecule has 4 nitrogen and oxygen atoms in total. The third-order valence-corrected chi connectivity index (χ3v) is 3.13. The molecule has 2 aromatic heterocycles. The molecule has 0 fully saturated rings. The van der Waals surface area contributed by atoms with E-state index in [4.69, 9.17) is 4.42 Å². The van der Waals surface area contributed by atoms with Gasteiger partial charge in [0.15, 0.2) is 0 Å². The SMILES string of the molecule is CCN(Cc1ccccn1)Cc1occc1CNC. The zero-order valence-electron chi connectivity index (χ0n) is 11.6. The van der Waals surface area contributed by atoms with Crippen LogP contribution in [0.5, 0.6) is 0 Å². The van der Waals surface area contributed by atoms with Gasteiger partial charge in [0.1, 0.15) is 5.76 Å². The number of furan rings is 1. The normalized spacial score (nSPS) is 11.1. The highest BCUT2D eigenvalue weighted by molar-refractivity contribution is 5.17. The van der Waals surface area contributed by atoms with Gasteiger partial charge in [0.25, 0.3) is 0 Å². The van der Waals surface area contributed by atoms with Crippen LogP contribution in [-0.4, -0.2) is 23.5 Å². The van der Waals surface area contributed by atoms with E-state index in [1.54, 1.807) is 6.26 Å². The highest BCUT2D eigenvalue weighted by atomic mass is 16.3. The maximum absolute atomic E-state index is 5.59. The third-order valence-electron chi connectivity index (χ3n) is 3.13. The zero-order chi connectivity index (χ0) is 13.5. The Labute approximate surface area is 114 Å². The summed E-state index contributed by atoms with van der Waals surface area (Å²) in [6.45, 7) is 5.63. The summed E-state index contributed by atoms with van der Waals surface area (Å²) in [4.78, 5) is 6.69. The fraction of sp³-hybridized carbons (Fsp3) is 0.400. The Morgan fingerprint density at radius 1 is 1.26 bits per heavy atom. The Bertz CT molecular complexity index is 481. The van der Waals surface area contributed by atoms with Crippen molar-refractivity contribution in [1.29, 1.82) is 0 Å². The summed E-state index contributed by atoms with van der Waals surface area (Å²) in [5.41, 5.74) is 2.31. The Kier molecular flexibility index (Phi) is 5.12. The average Bonchev–Trinajstić information content (AvgIpc) is 2.87. The van der Waals surface area contributed by atoms with Crippen LogP contribution in [0.4, 0.5) is 0 Å². The average molecular weight is 259 g/mol. The van der Waals surface area contributed by atoms with Crippen molar-refractivity contribution in [2.45, 2.75) is 26.6 Å². The summed E-state index contributed by atoms with van der Waals surface area (Å²) in [7, 11) is 1.95. The van der Waals surface area contributed by atoms with Crippen LogP contribution in [0.25, 0.3) is 0 Å². The Morgan fingerprint density at radius 2 is 2.16 bits per heavy atom. The fourth-order valence-corrected chi connectivity index (χ4v) is 2.06.